The summed E-state index contributed by atoms with van der Waals surface area (Å²) in [4.78, 5) is 0. The summed E-state index contributed by atoms with van der Waals surface area (Å²) in [6.45, 7) is 32.8. The van der Waals surface area contributed by atoms with Crippen molar-refractivity contribution in [3.63, 3.8) is 0 Å². The van der Waals surface area contributed by atoms with Gasteiger partial charge in [-0.25, -0.2) is 13.2 Å². The predicted molar refractivity (Wildman–Crippen MR) is 288 cm³/mol. The van der Waals surface area contributed by atoms with Gasteiger partial charge in [0.2, 0.25) is 5.92 Å². The first-order valence-electron chi connectivity index (χ1n) is 29.3. The third kappa shape index (κ3) is 26.4. The molecule has 6 aliphatic carbocycles. The number of aliphatic hydroxyl groups excluding tert-OH is 7. The van der Waals surface area contributed by atoms with Gasteiger partial charge in [0.05, 0.1) is 49.3 Å². The van der Waals surface area contributed by atoms with Crippen LogP contribution in [0.3, 0.4) is 0 Å². The summed E-state index contributed by atoms with van der Waals surface area (Å²) in [6, 6.07) is 0. The first kappa shape index (κ1) is 68.5. The zero-order valence-corrected chi connectivity index (χ0v) is 48.4. The monoisotopic (exact) mass is 1020 g/mol. The maximum Gasteiger partial charge on any atom is 0.248 e. The van der Waals surface area contributed by atoms with E-state index in [0.29, 0.717) is 83.9 Å². The molecule has 15 atom stereocenters. The van der Waals surface area contributed by atoms with Crippen LogP contribution in [0, 0.1) is 82.9 Å². The van der Waals surface area contributed by atoms with Crippen LogP contribution in [-0.2, 0) is 4.74 Å². The zero-order valence-electron chi connectivity index (χ0n) is 48.4. The van der Waals surface area contributed by atoms with E-state index in [1.807, 2.05) is 13.8 Å². The Labute approximate surface area is 434 Å². The van der Waals surface area contributed by atoms with Crippen LogP contribution in [0.2, 0.25) is 0 Å². The van der Waals surface area contributed by atoms with Crippen LogP contribution in [0.25, 0.3) is 0 Å². The van der Waals surface area contributed by atoms with E-state index in [1.54, 1.807) is 6.92 Å². The highest BCUT2D eigenvalue weighted by molar-refractivity contribution is 4.89. The molecule has 71 heavy (non-hydrogen) atoms. The minimum atomic E-state index is -2.55. The van der Waals surface area contributed by atoms with Gasteiger partial charge in [0.25, 0.3) is 0 Å². The van der Waals surface area contributed by atoms with Crippen LogP contribution in [0.5, 0.6) is 0 Å². The van der Waals surface area contributed by atoms with Gasteiger partial charge < -0.3 is 40.5 Å². The van der Waals surface area contributed by atoms with Crippen molar-refractivity contribution < 1.29 is 53.7 Å². The Kier molecular flexibility index (Phi) is 33.1. The van der Waals surface area contributed by atoms with E-state index in [0.717, 1.165) is 51.7 Å². The predicted octanol–water partition coefficient (Wildman–Crippen LogP) is 13.6. The quantitative estimate of drug-likeness (QED) is 0.133. The van der Waals surface area contributed by atoms with Crippen LogP contribution in [0.15, 0.2) is 0 Å². The maximum atomic E-state index is 13.4. The van der Waals surface area contributed by atoms with E-state index >= 15 is 0 Å². The number of ether oxygens (including phenoxy) is 1. The normalized spacial score (nSPS) is 36.8. The molecule has 426 valence electrons. The molecule has 7 aliphatic rings. The molecule has 7 rings (SSSR count). The van der Waals surface area contributed by atoms with Crippen molar-refractivity contribution in [2.24, 2.45) is 82.9 Å². The van der Waals surface area contributed by atoms with Crippen molar-refractivity contribution in [3.8, 4) is 0 Å². The smallest absolute Gasteiger partial charge is 0.248 e. The standard InChI is InChI=1S/C10H19FO.C9H16F2O.2C9H18O.C8H16O2.C8H16O.C7H14O/c1-7(2)8-4-5-10(3,11)6-9(8)12;1-6(2)7-5-9(10,11)4-3-8(7)12;2*1-7(2)8-5-3-4-6-9(8)10;1-6(2)7-5-10-4-3-8(7)9;1-6(2)7-4-3-5-8(7)9;1-5(2)6-3-4-7(6)8/h7-9,12H,4-6H2,1-3H3;6-8,12H,3-5H2,1-2H3;2*7-10H,3-6H2,1-2H3;6-9H,3-5H2,1-2H3;6-9H,3-5H2,1-2H3;5-8H,3-4H2,1-2H3. The van der Waals surface area contributed by atoms with Crippen LogP contribution in [0.1, 0.15) is 232 Å². The molecular weight excluding hydrogens is 906 g/mol. The van der Waals surface area contributed by atoms with Gasteiger partial charge in [-0.3, -0.25) is 0 Å². The summed E-state index contributed by atoms with van der Waals surface area (Å²) >= 11 is 0. The fourth-order valence-electron chi connectivity index (χ4n) is 12.2. The lowest BCUT2D eigenvalue weighted by atomic mass is 9.74. The molecule has 0 aromatic heterocycles. The Morgan fingerprint density at radius 1 is 0.338 bits per heavy atom. The fourth-order valence-corrected chi connectivity index (χ4v) is 12.2. The van der Waals surface area contributed by atoms with Crippen molar-refractivity contribution in [1.82, 2.24) is 0 Å². The van der Waals surface area contributed by atoms with Crippen molar-refractivity contribution in [2.45, 2.75) is 287 Å². The molecule has 8 nitrogen and oxygen atoms in total. The Morgan fingerprint density at radius 2 is 0.676 bits per heavy atom. The minimum absolute atomic E-state index is 0.00463. The summed E-state index contributed by atoms with van der Waals surface area (Å²) in [5.41, 5.74) is -1.13. The number of aliphatic hydroxyl groups is 7. The second-order valence-electron chi connectivity index (χ2n) is 26.0. The molecule has 1 heterocycles. The average molecular weight is 1020 g/mol. The summed E-state index contributed by atoms with van der Waals surface area (Å²) in [5.74, 6) is 4.05. The molecule has 1 saturated heterocycles. The fraction of sp³-hybridized carbons (Fsp3) is 1.00. The minimum Gasteiger partial charge on any atom is -0.393 e. The van der Waals surface area contributed by atoms with E-state index in [1.165, 1.54) is 57.8 Å². The Morgan fingerprint density at radius 3 is 0.958 bits per heavy atom. The highest BCUT2D eigenvalue weighted by Crippen LogP contribution is 2.41. The largest absolute Gasteiger partial charge is 0.393 e. The van der Waals surface area contributed by atoms with Crippen LogP contribution in [0.4, 0.5) is 13.2 Å². The van der Waals surface area contributed by atoms with E-state index < -0.39 is 23.8 Å². The molecule has 15 unspecified atom stereocenters. The van der Waals surface area contributed by atoms with Crippen LogP contribution >= 0.6 is 0 Å². The molecule has 0 spiro atoms. The second kappa shape index (κ2) is 34.3. The number of halogens is 3. The summed E-state index contributed by atoms with van der Waals surface area (Å²) in [6.07, 6.45) is 16.8. The van der Waals surface area contributed by atoms with E-state index in [-0.39, 0.29) is 61.6 Å². The molecule has 7 N–H and O–H groups in total. The van der Waals surface area contributed by atoms with E-state index in [4.69, 9.17) is 9.84 Å². The van der Waals surface area contributed by atoms with E-state index in [9.17, 15) is 43.8 Å². The van der Waals surface area contributed by atoms with Gasteiger partial charge in [0, 0.05) is 31.8 Å². The van der Waals surface area contributed by atoms with Crippen LogP contribution < -0.4 is 0 Å². The topological polar surface area (TPSA) is 151 Å². The van der Waals surface area contributed by atoms with Crippen molar-refractivity contribution in [3.05, 3.63) is 0 Å². The van der Waals surface area contributed by atoms with Crippen molar-refractivity contribution in [2.75, 3.05) is 13.2 Å². The summed E-state index contributed by atoms with van der Waals surface area (Å²) in [7, 11) is 0. The maximum absolute atomic E-state index is 13.4. The number of hydrogen-bond acceptors (Lipinski definition) is 8. The van der Waals surface area contributed by atoms with Gasteiger partial charge in [0.1, 0.15) is 5.67 Å². The van der Waals surface area contributed by atoms with Gasteiger partial charge in [-0.2, -0.15) is 0 Å². The van der Waals surface area contributed by atoms with E-state index in [2.05, 4.69) is 83.1 Å². The third-order valence-electron chi connectivity index (χ3n) is 17.7. The molecule has 0 radical (unpaired) electrons. The molecule has 1 aliphatic heterocycles. The Hall–Kier alpha value is -0.530. The third-order valence-corrected chi connectivity index (χ3v) is 17.7. The Balaban J connectivity index is 0.000000416. The van der Waals surface area contributed by atoms with Crippen molar-refractivity contribution >= 4 is 0 Å². The lowest BCUT2D eigenvalue weighted by molar-refractivity contribution is -0.101. The lowest BCUT2D eigenvalue weighted by Gasteiger charge is -2.37. The first-order chi connectivity index (χ1) is 32.9. The highest BCUT2D eigenvalue weighted by atomic mass is 19.3. The molecular formula is C60H117F3O8. The van der Waals surface area contributed by atoms with Gasteiger partial charge >= 0.3 is 0 Å². The lowest BCUT2D eigenvalue weighted by Crippen LogP contribution is -2.39. The molecule has 6 saturated carbocycles. The summed E-state index contributed by atoms with van der Waals surface area (Å²) < 4.78 is 44.4. The average Bonchev–Trinajstić information content (AvgIpc) is 3.71. The van der Waals surface area contributed by atoms with Gasteiger partial charge in [-0.15, -0.1) is 0 Å². The number of alkyl halides is 3. The SMILES string of the molecule is CC(C)C1CC(F)(F)CCC1O.CC(C)C1CCC(C)(F)CC1O.CC(C)C1CCC1O.CC(C)C1CCCC1O.CC(C)C1CCCCC1O.CC(C)C1CCCCC1O.CC(C)C1COCCC1O. The molecule has 11 heteroatoms. The Bertz CT molecular complexity index is 1260. The molecule has 7 fully saturated rings. The number of rotatable bonds is 7. The van der Waals surface area contributed by atoms with Gasteiger partial charge in [0.15, 0.2) is 0 Å². The van der Waals surface area contributed by atoms with Gasteiger partial charge in [-0.1, -0.05) is 129 Å². The molecule has 0 aromatic rings. The highest BCUT2D eigenvalue weighted by Gasteiger charge is 2.42. The van der Waals surface area contributed by atoms with Gasteiger partial charge in [-0.05, 0) is 161 Å². The van der Waals surface area contributed by atoms with Crippen molar-refractivity contribution in [1.29, 1.82) is 0 Å². The molecule has 0 bridgehead atoms. The molecule has 0 aromatic carbocycles. The second-order valence-corrected chi connectivity index (χ2v) is 26.0. The molecule has 0 amide bonds. The number of hydrogen-bond donors (Lipinski definition) is 7. The summed E-state index contributed by atoms with van der Waals surface area (Å²) in [5, 5.41) is 66.0. The van der Waals surface area contributed by atoms with Crippen LogP contribution in [-0.4, -0.2) is 103 Å². The zero-order chi connectivity index (χ0) is 54.4. The first-order valence-corrected chi connectivity index (χ1v) is 29.3.